The van der Waals surface area contributed by atoms with Gasteiger partial charge in [0.25, 0.3) is 0 Å². The molecule has 0 aliphatic rings. The highest BCUT2D eigenvalue weighted by Crippen LogP contribution is 2.17. The highest BCUT2D eigenvalue weighted by Gasteiger charge is 2.00. The Balaban J connectivity index is 0.00000121. The number of allylic oxidation sites excluding steroid dienone is 1. The van der Waals surface area contributed by atoms with Crippen molar-refractivity contribution in [2.45, 2.75) is 40.5 Å². The first-order valence-corrected chi connectivity index (χ1v) is 6.05. The van der Waals surface area contributed by atoms with Gasteiger partial charge in [0.15, 0.2) is 0 Å². The van der Waals surface area contributed by atoms with E-state index in [4.69, 9.17) is 0 Å². The smallest absolute Gasteiger partial charge is 0.222 e. The Morgan fingerprint density at radius 1 is 1.41 bits per heavy atom. The maximum absolute atomic E-state index is 10.8. The molecule has 0 aromatic carbocycles. The quantitative estimate of drug-likeness (QED) is 0.859. The number of amides is 1. The van der Waals surface area contributed by atoms with Crippen LogP contribution in [0, 0.1) is 0 Å². The first-order chi connectivity index (χ1) is 8.13. The van der Waals surface area contributed by atoms with Crippen LogP contribution in [0.1, 0.15) is 46.1 Å². The summed E-state index contributed by atoms with van der Waals surface area (Å²) in [5.74, 6) is 0.471. The Bertz CT molecular complexity index is 355. The lowest BCUT2D eigenvalue weighted by Gasteiger charge is -2.05. The summed E-state index contributed by atoms with van der Waals surface area (Å²) < 4.78 is 0. The second-order valence-electron chi connectivity index (χ2n) is 3.47. The Kier molecular flexibility index (Phi) is 7.68. The third kappa shape index (κ3) is 5.85. The van der Waals surface area contributed by atoms with Crippen molar-refractivity contribution in [1.29, 1.82) is 0 Å². The highest BCUT2D eigenvalue weighted by atomic mass is 16.1. The summed E-state index contributed by atoms with van der Waals surface area (Å²) in [6, 6.07) is 3.72. The number of pyridine rings is 1. The predicted octanol–water partition coefficient (Wildman–Crippen LogP) is 3.88. The number of rotatable bonds is 4. The number of nitrogens with zero attached hydrogens (tertiary/aromatic N) is 1. The molecule has 0 aliphatic carbocycles. The van der Waals surface area contributed by atoms with Gasteiger partial charge in [0.1, 0.15) is 5.82 Å². The fourth-order valence-corrected chi connectivity index (χ4v) is 1.30. The molecule has 1 N–H and O–H groups in total. The van der Waals surface area contributed by atoms with Gasteiger partial charge >= 0.3 is 0 Å². The van der Waals surface area contributed by atoms with E-state index in [0.29, 0.717) is 5.82 Å². The summed E-state index contributed by atoms with van der Waals surface area (Å²) in [5.41, 5.74) is 2.12. The Morgan fingerprint density at radius 3 is 2.47 bits per heavy atom. The summed E-state index contributed by atoms with van der Waals surface area (Å²) in [5, 5.41) is 2.62. The molecule has 1 heterocycles. The molecule has 94 valence electrons. The zero-order chi connectivity index (χ0) is 13.3. The number of hydrogen-bond donors (Lipinski definition) is 1. The Labute approximate surface area is 104 Å². The second-order valence-corrected chi connectivity index (χ2v) is 3.47. The summed E-state index contributed by atoms with van der Waals surface area (Å²) >= 11 is 0. The van der Waals surface area contributed by atoms with Crippen molar-refractivity contribution in [1.82, 2.24) is 4.98 Å². The van der Waals surface area contributed by atoms with Crippen molar-refractivity contribution in [2.24, 2.45) is 0 Å². The lowest BCUT2D eigenvalue weighted by molar-refractivity contribution is -0.114. The van der Waals surface area contributed by atoms with Crippen molar-refractivity contribution in [3.8, 4) is 0 Å². The first kappa shape index (κ1) is 15.4. The van der Waals surface area contributed by atoms with Gasteiger partial charge in [0.05, 0.1) is 0 Å². The van der Waals surface area contributed by atoms with Gasteiger partial charge < -0.3 is 5.32 Å². The van der Waals surface area contributed by atoms with Crippen LogP contribution in [0.15, 0.2) is 24.9 Å². The Morgan fingerprint density at radius 2 is 2.06 bits per heavy atom. The molecule has 1 aromatic heterocycles. The minimum Gasteiger partial charge on any atom is -0.311 e. The zero-order valence-corrected chi connectivity index (χ0v) is 11.2. The van der Waals surface area contributed by atoms with Crippen LogP contribution >= 0.6 is 0 Å². The maximum atomic E-state index is 10.8. The van der Waals surface area contributed by atoms with E-state index in [9.17, 15) is 4.79 Å². The molecule has 1 rings (SSSR count). The molecule has 17 heavy (non-hydrogen) atoms. The molecule has 0 bridgehead atoms. The minimum absolute atomic E-state index is 0.109. The molecule has 1 amide bonds. The number of aromatic nitrogens is 1. The molecule has 0 fully saturated rings. The highest BCUT2D eigenvalue weighted by molar-refractivity contribution is 5.87. The van der Waals surface area contributed by atoms with Crippen LogP contribution < -0.4 is 5.32 Å². The molecular formula is C14H22N2O. The Hall–Kier alpha value is -1.64. The van der Waals surface area contributed by atoms with Gasteiger partial charge in [-0.25, -0.2) is 4.98 Å². The van der Waals surface area contributed by atoms with Gasteiger partial charge in [0, 0.05) is 13.1 Å². The molecule has 0 saturated carbocycles. The van der Waals surface area contributed by atoms with Gasteiger partial charge in [-0.05, 0) is 29.7 Å². The zero-order valence-electron chi connectivity index (χ0n) is 11.2. The summed E-state index contributed by atoms with van der Waals surface area (Å²) in [6.07, 6.45) is 3.79. The van der Waals surface area contributed by atoms with Crippen LogP contribution in [-0.4, -0.2) is 10.9 Å². The fraction of sp³-hybridized carbons (Fsp3) is 0.429. The molecular weight excluding hydrogens is 212 g/mol. The number of anilines is 1. The first-order valence-electron chi connectivity index (χ1n) is 6.05. The van der Waals surface area contributed by atoms with Gasteiger partial charge in [-0.15, -0.1) is 0 Å². The van der Waals surface area contributed by atoms with E-state index >= 15 is 0 Å². The molecule has 0 radical (unpaired) electrons. The lowest BCUT2D eigenvalue weighted by Crippen LogP contribution is -2.07. The average Bonchev–Trinajstić information content (AvgIpc) is 2.32. The van der Waals surface area contributed by atoms with E-state index in [1.54, 1.807) is 12.3 Å². The van der Waals surface area contributed by atoms with Gasteiger partial charge in [0.2, 0.25) is 5.91 Å². The minimum atomic E-state index is -0.109. The van der Waals surface area contributed by atoms with Crippen LogP contribution in [0.3, 0.4) is 0 Å². The standard InChI is InChI=1S/C12H16N2O.C2H6/c1-4-5-9(2)11-6-7-12(13-8-11)14-10(3)15;1-2/h6-8H,2,4-5H2,1,3H3,(H,13,14,15);1-2H3. The average molecular weight is 234 g/mol. The SMILES string of the molecule is C=C(CCC)c1ccc(NC(C)=O)nc1.CC. The van der Waals surface area contributed by atoms with Crippen molar-refractivity contribution >= 4 is 17.3 Å². The van der Waals surface area contributed by atoms with Crippen molar-refractivity contribution < 1.29 is 4.79 Å². The predicted molar refractivity (Wildman–Crippen MR) is 73.8 cm³/mol. The fourth-order valence-electron chi connectivity index (χ4n) is 1.30. The van der Waals surface area contributed by atoms with Crippen LogP contribution in [0.4, 0.5) is 5.82 Å². The van der Waals surface area contributed by atoms with Crippen LogP contribution in [0.2, 0.25) is 0 Å². The molecule has 0 saturated heterocycles. The van der Waals surface area contributed by atoms with E-state index in [1.165, 1.54) is 6.92 Å². The van der Waals surface area contributed by atoms with E-state index < -0.39 is 0 Å². The molecule has 3 heteroatoms. The third-order valence-electron chi connectivity index (χ3n) is 2.03. The van der Waals surface area contributed by atoms with Crippen molar-refractivity contribution in [2.75, 3.05) is 5.32 Å². The van der Waals surface area contributed by atoms with Crippen molar-refractivity contribution in [3.05, 3.63) is 30.5 Å². The van der Waals surface area contributed by atoms with Crippen LogP contribution in [0.25, 0.3) is 5.57 Å². The van der Waals surface area contributed by atoms with E-state index in [2.05, 4.69) is 23.8 Å². The van der Waals surface area contributed by atoms with Crippen molar-refractivity contribution in [3.63, 3.8) is 0 Å². The summed E-state index contributed by atoms with van der Waals surface area (Å²) in [4.78, 5) is 14.9. The summed E-state index contributed by atoms with van der Waals surface area (Å²) in [6.45, 7) is 11.6. The number of hydrogen-bond acceptors (Lipinski definition) is 2. The lowest BCUT2D eigenvalue weighted by atomic mass is 10.1. The van der Waals surface area contributed by atoms with Crippen LogP contribution in [0.5, 0.6) is 0 Å². The molecule has 0 atom stereocenters. The summed E-state index contributed by atoms with van der Waals surface area (Å²) in [7, 11) is 0. The van der Waals surface area contributed by atoms with E-state index in [-0.39, 0.29) is 5.91 Å². The molecule has 0 spiro atoms. The van der Waals surface area contributed by atoms with Crippen LogP contribution in [-0.2, 0) is 4.79 Å². The molecule has 1 aromatic rings. The van der Waals surface area contributed by atoms with Gasteiger partial charge in [-0.3, -0.25) is 4.79 Å². The maximum Gasteiger partial charge on any atom is 0.222 e. The molecule has 0 unspecified atom stereocenters. The van der Waals surface area contributed by atoms with Gasteiger partial charge in [-0.2, -0.15) is 0 Å². The van der Waals surface area contributed by atoms with E-state index in [1.807, 2.05) is 19.9 Å². The normalized spacial score (nSPS) is 8.94. The molecule has 3 nitrogen and oxygen atoms in total. The number of carbonyl (C=O) groups is 1. The third-order valence-corrected chi connectivity index (χ3v) is 2.03. The monoisotopic (exact) mass is 234 g/mol. The topological polar surface area (TPSA) is 42.0 Å². The van der Waals surface area contributed by atoms with E-state index in [0.717, 1.165) is 24.0 Å². The number of nitrogens with one attached hydrogen (secondary N) is 1. The largest absolute Gasteiger partial charge is 0.311 e. The second kappa shape index (κ2) is 8.50. The number of carbonyl (C=O) groups excluding carboxylic acids is 1. The molecule has 0 aliphatic heterocycles. The van der Waals surface area contributed by atoms with Gasteiger partial charge in [-0.1, -0.05) is 33.8 Å².